The SMILES string of the molecule is Cc1nc(Cn2cc[nH]c2=O)cs1. The van der Waals surface area contributed by atoms with E-state index in [1.165, 1.54) is 0 Å². The third-order valence-corrected chi connectivity index (χ3v) is 2.54. The van der Waals surface area contributed by atoms with E-state index in [9.17, 15) is 4.79 Å². The molecule has 0 radical (unpaired) electrons. The Morgan fingerprint density at radius 2 is 2.54 bits per heavy atom. The van der Waals surface area contributed by atoms with Gasteiger partial charge in [0, 0.05) is 17.8 Å². The van der Waals surface area contributed by atoms with Crippen molar-refractivity contribution in [2.45, 2.75) is 13.5 Å². The van der Waals surface area contributed by atoms with Gasteiger partial charge in [0.25, 0.3) is 0 Å². The Labute approximate surface area is 78.9 Å². The van der Waals surface area contributed by atoms with Crippen LogP contribution in [0.4, 0.5) is 0 Å². The second kappa shape index (κ2) is 3.18. The van der Waals surface area contributed by atoms with E-state index in [4.69, 9.17) is 0 Å². The van der Waals surface area contributed by atoms with Crippen LogP contribution in [-0.2, 0) is 6.54 Å². The van der Waals surface area contributed by atoms with Gasteiger partial charge in [-0.15, -0.1) is 11.3 Å². The molecule has 13 heavy (non-hydrogen) atoms. The molecular weight excluding hydrogens is 186 g/mol. The monoisotopic (exact) mass is 195 g/mol. The van der Waals surface area contributed by atoms with Crippen LogP contribution in [0, 0.1) is 6.92 Å². The molecule has 0 saturated carbocycles. The average Bonchev–Trinajstić information content (AvgIpc) is 2.64. The molecule has 0 aliphatic heterocycles. The molecule has 0 atom stereocenters. The van der Waals surface area contributed by atoms with Gasteiger partial charge in [-0.2, -0.15) is 0 Å². The number of nitrogens with zero attached hydrogens (tertiary/aromatic N) is 2. The van der Waals surface area contributed by atoms with Crippen LogP contribution in [0.15, 0.2) is 22.6 Å². The molecule has 0 saturated heterocycles. The molecule has 2 aromatic rings. The number of hydrogen-bond donors (Lipinski definition) is 1. The molecule has 0 fully saturated rings. The second-order valence-electron chi connectivity index (χ2n) is 2.75. The molecule has 0 spiro atoms. The van der Waals surface area contributed by atoms with Crippen molar-refractivity contribution >= 4 is 11.3 Å². The third-order valence-electron chi connectivity index (χ3n) is 1.72. The lowest BCUT2D eigenvalue weighted by molar-refractivity contribution is 0.745. The highest BCUT2D eigenvalue weighted by Crippen LogP contribution is 2.08. The Bertz CT molecular complexity index is 454. The standard InChI is InChI=1S/C8H9N3OS/c1-6-10-7(5-13-6)4-11-3-2-9-8(11)12/h2-3,5H,4H2,1H3,(H,9,12). The number of aromatic nitrogens is 3. The molecule has 5 heteroatoms. The van der Waals surface area contributed by atoms with Crippen molar-refractivity contribution in [3.05, 3.63) is 39.0 Å². The molecule has 0 aromatic carbocycles. The molecule has 4 nitrogen and oxygen atoms in total. The molecule has 0 aliphatic rings. The van der Waals surface area contributed by atoms with E-state index in [1.807, 2.05) is 12.3 Å². The number of aromatic amines is 1. The van der Waals surface area contributed by atoms with E-state index >= 15 is 0 Å². The molecule has 2 heterocycles. The third kappa shape index (κ3) is 1.70. The minimum atomic E-state index is -0.0920. The van der Waals surface area contributed by atoms with Crippen molar-refractivity contribution < 1.29 is 0 Å². The fourth-order valence-corrected chi connectivity index (χ4v) is 1.73. The summed E-state index contributed by atoms with van der Waals surface area (Å²) in [6.07, 6.45) is 3.35. The molecular formula is C8H9N3OS. The zero-order valence-electron chi connectivity index (χ0n) is 7.15. The number of rotatable bonds is 2. The van der Waals surface area contributed by atoms with Crippen molar-refractivity contribution in [1.29, 1.82) is 0 Å². The van der Waals surface area contributed by atoms with E-state index in [1.54, 1.807) is 28.3 Å². The van der Waals surface area contributed by atoms with Gasteiger partial charge in [0.15, 0.2) is 0 Å². The Kier molecular flexibility index (Phi) is 2.02. The first-order valence-electron chi connectivity index (χ1n) is 3.90. The molecule has 68 valence electrons. The van der Waals surface area contributed by atoms with Gasteiger partial charge < -0.3 is 4.98 Å². The van der Waals surface area contributed by atoms with Crippen molar-refractivity contribution in [1.82, 2.24) is 14.5 Å². The minimum absolute atomic E-state index is 0.0920. The summed E-state index contributed by atoms with van der Waals surface area (Å²) in [7, 11) is 0. The first-order valence-corrected chi connectivity index (χ1v) is 4.78. The minimum Gasteiger partial charge on any atom is -0.313 e. The van der Waals surface area contributed by atoms with Crippen LogP contribution in [0.3, 0.4) is 0 Å². The Morgan fingerprint density at radius 3 is 3.08 bits per heavy atom. The number of nitrogens with one attached hydrogen (secondary N) is 1. The number of H-pyrrole nitrogens is 1. The van der Waals surface area contributed by atoms with E-state index in [2.05, 4.69) is 9.97 Å². The van der Waals surface area contributed by atoms with Gasteiger partial charge in [0.2, 0.25) is 0 Å². The second-order valence-corrected chi connectivity index (χ2v) is 3.81. The molecule has 2 rings (SSSR count). The fraction of sp³-hybridized carbons (Fsp3) is 0.250. The summed E-state index contributed by atoms with van der Waals surface area (Å²) in [5.74, 6) is 0. The molecule has 1 N–H and O–H groups in total. The molecule has 0 aliphatic carbocycles. The topological polar surface area (TPSA) is 50.7 Å². The van der Waals surface area contributed by atoms with Crippen LogP contribution < -0.4 is 5.69 Å². The van der Waals surface area contributed by atoms with Crippen LogP contribution in [0.5, 0.6) is 0 Å². The summed E-state index contributed by atoms with van der Waals surface area (Å²) < 4.78 is 1.59. The van der Waals surface area contributed by atoms with Crippen LogP contribution in [0.25, 0.3) is 0 Å². The van der Waals surface area contributed by atoms with Gasteiger partial charge in [0.05, 0.1) is 17.2 Å². The van der Waals surface area contributed by atoms with E-state index in [0.717, 1.165) is 10.7 Å². The van der Waals surface area contributed by atoms with Gasteiger partial charge in [-0.25, -0.2) is 9.78 Å². The molecule has 0 unspecified atom stereocenters. The lowest BCUT2D eigenvalue weighted by Crippen LogP contribution is -2.16. The molecule has 2 aromatic heterocycles. The van der Waals surface area contributed by atoms with E-state index in [0.29, 0.717) is 6.54 Å². The van der Waals surface area contributed by atoms with Crippen molar-refractivity contribution in [3.63, 3.8) is 0 Å². The van der Waals surface area contributed by atoms with E-state index < -0.39 is 0 Å². The first kappa shape index (κ1) is 8.25. The summed E-state index contributed by atoms with van der Waals surface area (Å²) in [6, 6.07) is 0. The lowest BCUT2D eigenvalue weighted by atomic mass is 10.5. The number of imidazole rings is 1. The number of hydrogen-bond acceptors (Lipinski definition) is 3. The van der Waals surface area contributed by atoms with Crippen molar-refractivity contribution in [2.75, 3.05) is 0 Å². The maximum Gasteiger partial charge on any atom is 0.325 e. The lowest BCUT2D eigenvalue weighted by Gasteiger charge is -1.94. The normalized spacial score (nSPS) is 10.5. The zero-order chi connectivity index (χ0) is 9.26. The summed E-state index contributed by atoms with van der Waals surface area (Å²) in [6.45, 7) is 2.50. The average molecular weight is 195 g/mol. The van der Waals surface area contributed by atoms with Crippen LogP contribution in [0.1, 0.15) is 10.7 Å². The fourth-order valence-electron chi connectivity index (χ4n) is 1.13. The number of aryl methyl sites for hydroxylation is 1. The Morgan fingerprint density at radius 1 is 1.69 bits per heavy atom. The Balaban J connectivity index is 2.24. The highest BCUT2D eigenvalue weighted by molar-refractivity contribution is 7.09. The highest BCUT2D eigenvalue weighted by atomic mass is 32.1. The van der Waals surface area contributed by atoms with Crippen LogP contribution in [-0.4, -0.2) is 14.5 Å². The summed E-state index contributed by atoms with van der Waals surface area (Å²) in [4.78, 5) is 18.0. The summed E-state index contributed by atoms with van der Waals surface area (Å²) >= 11 is 1.60. The Hall–Kier alpha value is -1.36. The van der Waals surface area contributed by atoms with Crippen LogP contribution >= 0.6 is 11.3 Å². The smallest absolute Gasteiger partial charge is 0.313 e. The van der Waals surface area contributed by atoms with E-state index in [-0.39, 0.29) is 5.69 Å². The maximum absolute atomic E-state index is 11.1. The van der Waals surface area contributed by atoms with Crippen molar-refractivity contribution in [2.24, 2.45) is 0 Å². The van der Waals surface area contributed by atoms with Crippen molar-refractivity contribution in [3.8, 4) is 0 Å². The molecule has 0 bridgehead atoms. The first-order chi connectivity index (χ1) is 6.25. The predicted octanol–water partition coefficient (Wildman–Crippen LogP) is 0.990. The summed E-state index contributed by atoms with van der Waals surface area (Å²) in [5, 5.41) is 2.99. The number of thiazole rings is 1. The van der Waals surface area contributed by atoms with Crippen LogP contribution in [0.2, 0.25) is 0 Å². The van der Waals surface area contributed by atoms with Gasteiger partial charge in [-0.1, -0.05) is 0 Å². The molecule has 0 amide bonds. The quantitative estimate of drug-likeness (QED) is 0.776. The maximum atomic E-state index is 11.1. The van der Waals surface area contributed by atoms with Gasteiger partial charge in [-0.3, -0.25) is 4.57 Å². The van der Waals surface area contributed by atoms with Gasteiger partial charge in [0.1, 0.15) is 0 Å². The summed E-state index contributed by atoms with van der Waals surface area (Å²) in [5.41, 5.74) is 0.842. The predicted molar refractivity (Wildman–Crippen MR) is 51.0 cm³/mol. The highest BCUT2D eigenvalue weighted by Gasteiger charge is 2.00. The largest absolute Gasteiger partial charge is 0.325 e. The van der Waals surface area contributed by atoms with Gasteiger partial charge >= 0.3 is 5.69 Å². The zero-order valence-corrected chi connectivity index (χ0v) is 7.97. The van der Waals surface area contributed by atoms with Gasteiger partial charge in [-0.05, 0) is 6.92 Å².